The van der Waals surface area contributed by atoms with E-state index in [2.05, 4.69) is 20.9 Å². The quantitative estimate of drug-likeness (QED) is 0.810. The van der Waals surface area contributed by atoms with Crippen molar-refractivity contribution >= 4 is 18.3 Å². The maximum Gasteiger partial charge on any atom is 0.273 e. The van der Waals surface area contributed by atoms with Gasteiger partial charge in [-0.1, -0.05) is 25.1 Å². The van der Waals surface area contributed by atoms with Gasteiger partial charge in [0.1, 0.15) is 11.6 Å². The standard InChI is InChI=1S/C18H23F2N5O.ClH/c1-11(2)17(14-4-3-12(19)9-15(14)20)22-18(26)16-10-25(24-23-16)13-5-7-21-8-6-13;/h3-4,9-11,13,17,21H,5-8H2,1-2H3,(H,22,26);1H. The number of nitrogens with one attached hydrogen (secondary N) is 2. The molecule has 0 aliphatic carbocycles. The fourth-order valence-electron chi connectivity index (χ4n) is 3.20. The smallest absolute Gasteiger partial charge is 0.273 e. The van der Waals surface area contributed by atoms with Gasteiger partial charge < -0.3 is 10.6 Å². The lowest BCUT2D eigenvalue weighted by Gasteiger charge is -2.23. The van der Waals surface area contributed by atoms with Crippen LogP contribution in [0.1, 0.15) is 54.8 Å². The SMILES string of the molecule is CC(C)C(NC(=O)c1cn(C2CCNCC2)nn1)c1ccc(F)cc1F.Cl. The van der Waals surface area contributed by atoms with Gasteiger partial charge in [-0.05, 0) is 37.9 Å². The molecule has 0 radical (unpaired) electrons. The van der Waals surface area contributed by atoms with Crippen LogP contribution in [0.25, 0.3) is 0 Å². The molecule has 1 fully saturated rings. The van der Waals surface area contributed by atoms with E-state index in [-0.39, 0.29) is 35.6 Å². The first-order valence-corrected chi connectivity index (χ1v) is 8.84. The zero-order valence-electron chi connectivity index (χ0n) is 15.3. The number of carbonyl (C=O) groups excluding carboxylic acids is 1. The molecule has 2 heterocycles. The predicted octanol–water partition coefficient (Wildman–Crippen LogP) is 3.03. The number of nitrogens with zero attached hydrogens (tertiary/aromatic N) is 3. The molecule has 2 aromatic rings. The van der Waals surface area contributed by atoms with Crippen LogP contribution in [-0.4, -0.2) is 34.0 Å². The number of benzene rings is 1. The lowest BCUT2D eigenvalue weighted by molar-refractivity contribution is 0.0919. The first kappa shape index (κ1) is 21.2. The molecule has 0 bridgehead atoms. The number of hydrogen-bond donors (Lipinski definition) is 2. The van der Waals surface area contributed by atoms with E-state index in [4.69, 9.17) is 0 Å². The first-order chi connectivity index (χ1) is 12.5. The Morgan fingerprint density at radius 3 is 2.63 bits per heavy atom. The van der Waals surface area contributed by atoms with Crippen LogP contribution in [0.5, 0.6) is 0 Å². The highest BCUT2D eigenvalue weighted by atomic mass is 35.5. The summed E-state index contributed by atoms with van der Waals surface area (Å²) in [4.78, 5) is 12.6. The Labute approximate surface area is 163 Å². The molecule has 6 nitrogen and oxygen atoms in total. The third kappa shape index (κ3) is 5.01. The predicted molar refractivity (Wildman–Crippen MR) is 99.8 cm³/mol. The van der Waals surface area contributed by atoms with Crippen molar-refractivity contribution in [2.24, 2.45) is 5.92 Å². The number of aromatic nitrogens is 3. The second-order valence-electron chi connectivity index (χ2n) is 6.93. The Kier molecular flexibility index (Phi) is 7.26. The second kappa shape index (κ2) is 9.23. The van der Waals surface area contributed by atoms with Gasteiger partial charge in [-0.2, -0.15) is 0 Å². The van der Waals surface area contributed by atoms with Crippen LogP contribution < -0.4 is 10.6 Å². The van der Waals surface area contributed by atoms with Crippen LogP contribution in [0.15, 0.2) is 24.4 Å². The summed E-state index contributed by atoms with van der Waals surface area (Å²) in [5.74, 6) is -1.83. The number of rotatable bonds is 5. The van der Waals surface area contributed by atoms with Crippen molar-refractivity contribution in [3.8, 4) is 0 Å². The average molecular weight is 400 g/mol. The molecule has 1 amide bonds. The molecule has 1 aromatic carbocycles. The normalized spacial score (nSPS) is 16.0. The molecule has 27 heavy (non-hydrogen) atoms. The lowest BCUT2D eigenvalue weighted by Crippen LogP contribution is -2.32. The van der Waals surface area contributed by atoms with E-state index < -0.39 is 23.6 Å². The molecule has 1 unspecified atom stereocenters. The van der Waals surface area contributed by atoms with Crippen LogP contribution in [-0.2, 0) is 0 Å². The highest BCUT2D eigenvalue weighted by molar-refractivity contribution is 5.92. The van der Waals surface area contributed by atoms with Gasteiger partial charge in [-0.25, -0.2) is 13.5 Å². The highest BCUT2D eigenvalue weighted by Gasteiger charge is 2.25. The summed E-state index contributed by atoms with van der Waals surface area (Å²) in [7, 11) is 0. The Morgan fingerprint density at radius 2 is 2.00 bits per heavy atom. The summed E-state index contributed by atoms with van der Waals surface area (Å²) >= 11 is 0. The minimum atomic E-state index is -0.678. The lowest BCUT2D eigenvalue weighted by atomic mass is 9.95. The van der Waals surface area contributed by atoms with Gasteiger partial charge in [-0.15, -0.1) is 17.5 Å². The summed E-state index contributed by atoms with van der Waals surface area (Å²) < 4.78 is 29.0. The van der Waals surface area contributed by atoms with Crippen LogP contribution >= 0.6 is 12.4 Å². The molecule has 148 valence electrons. The van der Waals surface area contributed by atoms with Crippen LogP contribution in [0.2, 0.25) is 0 Å². The Hall–Kier alpha value is -2.06. The maximum absolute atomic E-state index is 14.1. The molecule has 3 rings (SSSR count). The van der Waals surface area contributed by atoms with Gasteiger partial charge in [0.25, 0.3) is 5.91 Å². The largest absolute Gasteiger partial charge is 0.343 e. The van der Waals surface area contributed by atoms with Gasteiger partial charge >= 0.3 is 0 Å². The van der Waals surface area contributed by atoms with E-state index in [0.29, 0.717) is 0 Å². The number of halogens is 3. The maximum atomic E-state index is 14.1. The van der Waals surface area contributed by atoms with Gasteiger partial charge in [-0.3, -0.25) is 4.79 Å². The van der Waals surface area contributed by atoms with Crippen molar-refractivity contribution in [2.75, 3.05) is 13.1 Å². The number of piperidine rings is 1. The van der Waals surface area contributed by atoms with Gasteiger partial charge in [0.2, 0.25) is 0 Å². The summed E-state index contributed by atoms with van der Waals surface area (Å²) in [6.07, 6.45) is 3.49. The third-order valence-electron chi connectivity index (χ3n) is 4.68. The number of carbonyl (C=O) groups is 1. The molecule has 1 aliphatic heterocycles. The molecule has 0 saturated carbocycles. The van der Waals surface area contributed by atoms with Crippen LogP contribution in [0.4, 0.5) is 8.78 Å². The van der Waals surface area contributed by atoms with Crippen LogP contribution in [0, 0.1) is 17.6 Å². The van der Waals surface area contributed by atoms with Crippen molar-refractivity contribution in [1.82, 2.24) is 25.6 Å². The summed E-state index contributed by atoms with van der Waals surface area (Å²) in [5.41, 5.74) is 0.442. The van der Waals surface area contributed by atoms with E-state index in [9.17, 15) is 13.6 Å². The van der Waals surface area contributed by atoms with E-state index >= 15 is 0 Å². The summed E-state index contributed by atoms with van der Waals surface area (Å²) in [6.45, 7) is 5.54. The van der Waals surface area contributed by atoms with E-state index in [0.717, 1.165) is 32.0 Å². The summed E-state index contributed by atoms with van der Waals surface area (Å²) in [5, 5.41) is 14.1. The molecular formula is C18H24ClF2N5O. The first-order valence-electron chi connectivity index (χ1n) is 8.84. The van der Waals surface area contributed by atoms with E-state index in [1.54, 1.807) is 10.9 Å². The van der Waals surface area contributed by atoms with E-state index in [1.807, 2.05) is 13.8 Å². The van der Waals surface area contributed by atoms with E-state index in [1.165, 1.54) is 12.1 Å². The van der Waals surface area contributed by atoms with Crippen molar-refractivity contribution in [3.05, 3.63) is 47.3 Å². The van der Waals surface area contributed by atoms with Crippen molar-refractivity contribution in [2.45, 2.75) is 38.8 Å². The zero-order valence-corrected chi connectivity index (χ0v) is 16.1. The van der Waals surface area contributed by atoms with Crippen LogP contribution in [0.3, 0.4) is 0 Å². The highest BCUT2D eigenvalue weighted by Crippen LogP contribution is 2.25. The van der Waals surface area contributed by atoms with Crippen molar-refractivity contribution < 1.29 is 13.6 Å². The fourth-order valence-corrected chi connectivity index (χ4v) is 3.20. The van der Waals surface area contributed by atoms with Gasteiger partial charge in [0, 0.05) is 11.6 Å². The molecule has 1 aromatic heterocycles. The summed E-state index contributed by atoms with van der Waals surface area (Å²) in [6, 6.07) is 3.01. The van der Waals surface area contributed by atoms with Gasteiger partial charge in [0.05, 0.1) is 18.3 Å². The third-order valence-corrected chi connectivity index (χ3v) is 4.68. The Balaban J connectivity index is 0.00000261. The molecular weight excluding hydrogens is 376 g/mol. The minimum Gasteiger partial charge on any atom is -0.343 e. The Bertz CT molecular complexity index is 777. The monoisotopic (exact) mass is 399 g/mol. The molecule has 9 heteroatoms. The Morgan fingerprint density at radius 1 is 1.30 bits per heavy atom. The van der Waals surface area contributed by atoms with Crippen molar-refractivity contribution in [1.29, 1.82) is 0 Å². The zero-order chi connectivity index (χ0) is 18.7. The van der Waals surface area contributed by atoms with Crippen molar-refractivity contribution in [3.63, 3.8) is 0 Å². The number of amides is 1. The number of hydrogen-bond acceptors (Lipinski definition) is 4. The minimum absolute atomic E-state index is 0. The fraction of sp³-hybridized carbons (Fsp3) is 0.500. The molecule has 1 saturated heterocycles. The topological polar surface area (TPSA) is 71.8 Å². The average Bonchev–Trinajstić information content (AvgIpc) is 3.11. The molecule has 2 N–H and O–H groups in total. The molecule has 0 spiro atoms. The van der Waals surface area contributed by atoms with Gasteiger partial charge in [0.15, 0.2) is 5.69 Å². The molecule has 1 aliphatic rings. The molecule has 1 atom stereocenters. The second-order valence-corrected chi connectivity index (χ2v) is 6.93.